The molecule has 1 aliphatic heterocycles. The minimum absolute atomic E-state index is 0. The van der Waals surface area contributed by atoms with Crippen molar-refractivity contribution in [2.24, 2.45) is 4.99 Å². The lowest BCUT2D eigenvalue weighted by Crippen LogP contribution is -2.30. The summed E-state index contributed by atoms with van der Waals surface area (Å²) in [6.45, 7) is 1.27. The van der Waals surface area contributed by atoms with Crippen molar-refractivity contribution in [2.45, 2.75) is 6.54 Å². The zero-order chi connectivity index (χ0) is 18.7. The molecule has 0 spiro atoms. The van der Waals surface area contributed by atoms with Crippen molar-refractivity contribution in [1.82, 2.24) is 9.88 Å². The van der Waals surface area contributed by atoms with Crippen LogP contribution in [0, 0.1) is 20.2 Å². The molecule has 3 heterocycles. The highest BCUT2D eigenvalue weighted by molar-refractivity contribution is 6.29. The first-order valence-electron chi connectivity index (χ1n) is 7.44. The van der Waals surface area contributed by atoms with Gasteiger partial charge in [0.1, 0.15) is 15.8 Å². The Hall–Kier alpha value is -2.98. The first kappa shape index (κ1) is 20.3. The standard InChI is InChI=1S/C15H12ClN5O5.ClH/c16-13-3-1-10(8-18-13)9-19-6-5-17-15(19)12(20(22)23)7-11-2-4-14(26-11)21(24)25;/h1-4,7-8H,5-6,9H2;1H/b12-7-;. The molecule has 1 aliphatic rings. The summed E-state index contributed by atoms with van der Waals surface area (Å²) in [5.74, 6) is -0.300. The van der Waals surface area contributed by atoms with Crippen LogP contribution in [-0.4, -0.2) is 38.7 Å². The van der Waals surface area contributed by atoms with Crippen LogP contribution in [0.15, 0.2) is 45.6 Å². The zero-order valence-electron chi connectivity index (χ0n) is 13.6. The minimum Gasteiger partial charge on any atom is -0.401 e. The van der Waals surface area contributed by atoms with Gasteiger partial charge in [0, 0.05) is 19.3 Å². The number of hydrogen-bond acceptors (Lipinski definition) is 8. The van der Waals surface area contributed by atoms with E-state index in [0.717, 1.165) is 17.7 Å². The molecule has 2 aromatic heterocycles. The molecule has 0 saturated heterocycles. The Labute approximate surface area is 163 Å². The Balaban J connectivity index is 0.00000261. The molecule has 2 aromatic rings. The third-order valence-electron chi connectivity index (χ3n) is 3.59. The van der Waals surface area contributed by atoms with Gasteiger partial charge in [0.05, 0.1) is 23.6 Å². The van der Waals surface area contributed by atoms with Crippen molar-refractivity contribution in [3.8, 4) is 0 Å². The molecule has 3 rings (SSSR count). The summed E-state index contributed by atoms with van der Waals surface area (Å²) in [4.78, 5) is 30.8. The number of hydrogen-bond donors (Lipinski definition) is 0. The van der Waals surface area contributed by atoms with Crippen molar-refractivity contribution in [1.29, 1.82) is 0 Å². The molecule has 0 atom stereocenters. The van der Waals surface area contributed by atoms with E-state index < -0.39 is 15.7 Å². The van der Waals surface area contributed by atoms with Gasteiger partial charge in [-0.15, -0.1) is 12.4 Å². The normalized spacial score (nSPS) is 13.9. The van der Waals surface area contributed by atoms with E-state index >= 15 is 0 Å². The molecule has 10 nitrogen and oxygen atoms in total. The quantitative estimate of drug-likeness (QED) is 0.403. The molecule has 0 N–H and O–H groups in total. The predicted molar refractivity (Wildman–Crippen MR) is 99.5 cm³/mol. The highest BCUT2D eigenvalue weighted by atomic mass is 35.5. The molecule has 0 aliphatic carbocycles. The maximum absolute atomic E-state index is 11.5. The van der Waals surface area contributed by atoms with E-state index in [1.54, 1.807) is 23.2 Å². The molecule has 0 radical (unpaired) electrons. The van der Waals surface area contributed by atoms with E-state index in [2.05, 4.69) is 9.98 Å². The van der Waals surface area contributed by atoms with E-state index in [1.807, 2.05) is 0 Å². The molecule has 0 fully saturated rings. The van der Waals surface area contributed by atoms with Gasteiger partial charge in [-0.05, 0) is 17.7 Å². The van der Waals surface area contributed by atoms with Gasteiger partial charge in [-0.3, -0.25) is 25.2 Å². The molecule has 0 bridgehead atoms. The highest BCUT2D eigenvalue weighted by Crippen LogP contribution is 2.21. The number of nitro groups is 2. The van der Waals surface area contributed by atoms with Crippen LogP contribution in [0.4, 0.5) is 5.88 Å². The second kappa shape index (κ2) is 8.60. The number of halogens is 2. The van der Waals surface area contributed by atoms with Gasteiger partial charge in [-0.1, -0.05) is 17.7 Å². The molecule has 12 heteroatoms. The van der Waals surface area contributed by atoms with Crippen molar-refractivity contribution >= 4 is 41.8 Å². The second-order valence-electron chi connectivity index (χ2n) is 5.34. The van der Waals surface area contributed by atoms with Gasteiger partial charge in [0.2, 0.25) is 5.84 Å². The summed E-state index contributed by atoms with van der Waals surface area (Å²) in [5.41, 5.74) is 0.522. The van der Waals surface area contributed by atoms with Crippen LogP contribution in [-0.2, 0) is 6.54 Å². The summed E-state index contributed by atoms with van der Waals surface area (Å²) in [7, 11) is 0. The van der Waals surface area contributed by atoms with Crippen molar-refractivity contribution in [3.63, 3.8) is 0 Å². The maximum Gasteiger partial charge on any atom is 0.433 e. The van der Waals surface area contributed by atoms with E-state index in [1.165, 1.54) is 6.07 Å². The number of pyridine rings is 1. The van der Waals surface area contributed by atoms with E-state index in [-0.39, 0.29) is 29.7 Å². The molecule has 0 unspecified atom stereocenters. The van der Waals surface area contributed by atoms with Crippen LogP contribution < -0.4 is 0 Å². The minimum atomic E-state index is -0.712. The molecule has 142 valence electrons. The fourth-order valence-corrected chi connectivity index (χ4v) is 2.56. The van der Waals surface area contributed by atoms with Crippen LogP contribution in [0.25, 0.3) is 6.08 Å². The molecule has 0 aromatic carbocycles. The van der Waals surface area contributed by atoms with Crippen LogP contribution in [0.3, 0.4) is 0 Å². The summed E-state index contributed by atoms with van der Waals surface area (Å²) in [5, 5.41) is 22.5. The second-order valence-corrected chi connectivity index (χ2v) is 5.72. The molecular formula is C15H13Cl2N5O5. The van der Waals surface area contributed by atoms with E-state index in [0.29, 0.717) is 24.8 Å². The van der Waals surface area contributed by atoms with Gasteiger partial charge in [-0.25, -0.2) is 4.98 Å². The lowest BCUT2D eigenvalue weighted by Gasteiger charge is -2.18. The van der Waals surface area contributed by atoms with Crippen LogP contribution in [0.1, 0.15) is 11.3 Å². The molecule has 0 saturated carbocycles. The lowest BCUT2D eigenvalue weighted by atomic mass is 10.2. The van der Waals surface area contributed by atoms with Gasteiger partial charge in [0.15, 0.2) is 0 Å². The van der Waals surface area contributed by atoms with E-state index in [4.69, 9.17) is 16.0 Å². The molecule has 27 heavy (non-hydrogen) atoms. The Morgan fingerprint density at radius 1 is 1.30 bits per heavy atom. The van der Waals surface area contributed by atoms with Crippen molar-refractivity contribution in [3.05, 3.63) is 72.9 Å². The average molecular weight is 414 g/mol. The highest BCUT2D eigenvalue weighted by Gasteiger charge is 2.29. The average Bonchev–Trinajstić information content (AvgIpc) is 3.24. The number of aromatic nitrogens is 1. The van der Waals surface area contributed by atoms with Crippen LogP contribution >= 0.6 is 24.0 Å². The Morgan fingerprint density at radius 3 is 2.67 bits per heavy atom. The van der Waals surface area contributed by atoms with Crippen molar-refractivity contribution < 1.29 is 14.3 Å². The summed E-state index contributed by atoms with van der Waals surface area (Å²) >= 11 is 5.76. The Bertz CT molecular complexity index is 910. The number of amidine groups is 1. The summed E-state index contributed by atoms with van der Waals surface area (Å²) in [6.07, 6.45) is 2.72. The number of aliphatic imine (C=N–C) groups is 1. The number of furan rings is 1. The van der Waals surface area contributed by atoms with E-state index in [9.17, 15) is 20.2 Å². The predicted octanol–water partition coefficient (Wildman–Crippen LogP) is 3.19. The zero-order valence-corrected chi connectivity index (χ0v) is 15.2. The number of rotatable bonds is 6. The third-order valence-corrected chi connectivity index (χ3v) is 3.81. The Morgan fingerprint density at radius 2 is 2.07 bits per heavy atom. The SMILES string of the molecule is Cl.O=[N+]([O-])/C(=C\c1ccc([N+](=O)[O-])o1)C1=NCCN1Cc1ccc(Cl)nc1. The van der Waals surface area contributed by atoms with Crippen LogP contribution in [0.5, 0.6) is 0 Å². The fraction of sp³-hybridized carbons (Fsp3) is 0.200. The largest absolute Gasteiger partial charge is 0.433 e. The Kier molecular flexibility index (Phi) is 6.48. The van der Waals surface area contributed by atoms with Crippen LogP contribution in [0.2, 0.25) is 5.15 Å². The van der Waals surface area contributed by atoms with Crippen molar-refractivity contribution in [2.75, 3.05) is 13.1 Å². The lowest BCUT2D eigenvalue weighted by molar-refractivity contribution is -0.414. The molecular weight excluding hydrogens is 401 g/mol. The maximum atomic E-state index is 11.5. The third kappa shape index (κ3) is 4.80. The topological polar surface area (TPSA) is 128 Å². The van der Waals surface area contributed by atoms with Gasteiger partial charge in [0.25, 0.3) is 0 Å². The summed E-state index contributed by atoms with van der Waals surface area (Å²) in [6, 6.07) is 5.84. The van der Waals surface area contributed by atoms with Gasteiger partial charge < -0.3 is 9.32 Å². The first-order valence-corrected chi connectivity index (χ1v) is 7.82. The van der Waals surface area contributed by atoms with Gasteiger partial charge >= 0.3 is 11.6 Å². The first-order chi connectivity index (χ1) is 12.4. The smallest absolute Gasteiger partial charge is 0.401 e. The van der Waals surface area contributed by atoms with Gasteiger partial charge in [-0.2, -0.15) is 0 Å². The number of nitrogens with zero attached hydrogens (tertiary/aromatic N) is 5. The summed E-state index contributed by atoms with van der Waals surface area (Å²) < 4.78 is 4.97. The fourth-order valence-electron chi connectivity index (χ4n) is 2.45. The monoisotopic (exact) mass is 413 g/mol. The molecule has 0 amide bonds.